The Hall–Kier alpha value is -2.92. The lowest BCUT2D eigenvalue weighted by atomic mass is 9.89. The van der Waals surface area contributed by atoms with Gasteiger partial charge in [0.25, 0.3) is 0 Å². The van der Waals surface area contributed by atoms with Crippen molar-refractivity contribution in [1.29, 1.82) is 0 Å². The zero-order valence-corrected chi connectivity index (χ0v) is 20.5. The summed E-state index contributed by atoms with van der Waals surface area (Å²) in [5.41, 5.74) is 5.08. The van der Waals surface area contributed by atoms with Crippen LogP contribution in [0.5, 0.6) is 5.75 Å². The van der Waals surface area contributed by atoms with Gasteiger partial charge in [-0.3, -0.25) is 4.99 Å². The van der Waals surface area contributed by atoms with Crippen LogP contribution < -0.4 is 5.32 Å². The largest absolute Gasteiger partial charge is 0.508 e. The molecule has 0 saturated carbocycles. The molecule has 2 atom stereocenters. The van der Waals surface area contributed by atoms with Gasteiger partial charge < -0.3 is 10.4 Å². The summed E-state index contributed by atoms with van der Waals surface area (Å²) in [7, 11) is 0. The molecule has 0 fully saturated rings. The van der Waals surface area contributed by atoms with Crippen molar-refractivity contribution in [2.24, 2.45) is 10.9 Å². The molecule has 0 bridgehead atoms. The predicted octanol–water partition coefficient (Wildman–Crippen LogP) is 8.40. The maximum atomic E-state index is 9.89. The van der Waals surface area contributed by atoms with E-state index in [1.165, 1.54) is 5.56 Å². The van der Waals surface area contributed by atoms with E-state index in [0.717, 1.165) is 27.5 Å². The van der Waals surface area contributed by atoms with Crippen LogP contribution in [0.15, 0.2) is 107 Å². The van der Waals surface area contributed by atoms with Crippen LogP contribution in [-0.4, -0.2) is 17.4 Å². The van der Waals surface area contributed by atoms with Gasteiger partial charge in [0.15, 0.2) is 0 Å². The minimum atomic E-state index is 0.0267. The molecule has 0 saturated heterocycles. The first-order valence-corrected chi connectivity index (χ1v) is 12.6. The van der Waals surface area contributed by atoms with Gasteiger partial charge in [0.2, 0.25) is 0 Å². The number of nitrogens with one attached hydrogen (secondary N) is 1. The van der Waals surface area contributed by atoms with E-state index in [1.54, 1.807) is 12.1 Å². The molecule has 170 valence electrons. The molecule has 3 nitrogen and oxygen atoms in total. The molecule has 1 aliphatic heterocycles. The second kappa shape index (κ2) is 10.1. The van der Waals surface area contributed by atoms with Crippen molar-refractivity contribution in [3.05, 3.63) is 118 Å². The summed E-state index contributed by atoms with van der Waals surface area (Å²) < 4.78 is 0. The quantitative estimate of drug-likeness (QED) is 0.286. The fourth-order valence-corrected chi connectivity index (χ4v) is 5.69. The second-order valence-electron chi connectivity index (χ2n) is 8.10. The molecule has 0 aromatic heterocycles. The minimum Gasteiger partial charge on any atom is -0.508 e. The highest BCUT2D eigenvalue weighted by Gasteiger charge is 2.33. The van der Waals surface area contributed by atoms with Crippen molar-refractivity contribution >= 4 is 52.1 Å². The third-order valence-electron chi connectivity index (χ3n) is 5.81. The van der Waals surface area contributed by atoms with E-state index < -0.39 is 0 Å². The molecule has 1 aliphatic rings. The van der Waals surface area contributed by atoms with E-state index in [9.17, 15) is 5.11 Å². The highest BCUT2D eigenvalue weighted by molar-refractivity contribution is 7.99. The topological polar surface area (TPSA) is 44.6 Å². The number of hydrogen-bond acceptors (Lipinski definition) is 4. The molecular formula is C28H22Cl2N2OS. The van der Waals surface area contributed by atoms with Gasteiger partial charge in [-0.1, -0.05) is 47.5 Å². The smallest absolute Gasteiger partial charge is 0.115 e. The Morgan fingerprint density at radius 3 is 2.15 bits per heavy atom. The first-order valence-electron chi connectivity index (χ1n) is 11.0. The molecule has 0 radical (unpaired) electrons. The molecule has 5 rings (SSSR count). The lowest BCUT2D eigenvalue weighted by molar-refractivity contribution is 0.475. The Balaban J connectivity index is 1.61. The Morgan fingerprint density at radius 2 is 1.44 bits per heavy atom. The number of rotatable bonds is 5. The van der Waals surface area contributed by atoms with Crippen molar-refractivity contribution in [2.75, 3.05) is 11.9 Å². The summed E-state index contributed by atoms with van der Waals surface area (Å²) in [6.07, 6.45) is 0. The lowest BCUT2D eigenvalue weighted by Gasteiger charge is -2.28. The summed E-state index contributed by atoms with van der Waals surface area (Å²) >= 11 is 14.1. The van der Waals surface area contributed by atoms with Gasteiger partial charge in [0.1, 0.15) is 5.75 Å². The molecule has 0 spiro atoms. The van der Waals surface area contributed by atoms with Crippen LogP contribution in [-0.2, 0) is 0 Å². The van der Waals surface area contributed by atoms with E-state index in [2.05, 4.69) is 29.6 Å². The summed E-state index contributed by atoms with van der Waals surface area (Å²) in [5, 5.41) is 15.0. The number of thioether (sulfide) groups is 1. The monoisotopic (exact) mass is 504 g/mol. The molecule has 2 N–H and O–H groups in total. The molecule has 2 unspecified atom stereocenters. The molecule has 0 amide bonds. The van der Waals surface area contributed by atoms with Crippen LogP contribution in [0.3, 0.4) is 0 Å². The Morgan fingerprint density at radius 1 is 0.794 bits per heavy atom. The molecule has 0 aliphatic carbocycles. The molecular weight excluding hydrogens is 483 g/mol. The second-order valence-corrected chi connectivity index (χ2v) is 10.2. The lowest BCUT2D eigenvalue weighted by Crippen LogP contribution is -2.28. The van der Waals surface area contributed by atoms with E-state index in [1.807, 2.05) is 72.4 Å². The summed E-state index contributed by atoms with van der Waals surface area (Å²) in [5.74, 6) is 0.261. The van der Waals surface area contributed by atoms with Gasteiger partial charge in [0.05, 0.1) is 11.4 Å². The van der Waals surface area contributed by atoms with E-state index >= 15 is 0 Å². The maximum Gasteiger partial charge on any atom is 0.115 e. The van der Waals surface area contributed by atoms with Crippen molar-refractivity contribution in [3.63, 3.8) is 0 Å². The number of para-hydroxylation sites is 1. The molecule has 6 heteroatoms. The minimum absolute atomic E-state index is 0.0267. The number of nitrogens with zero attached hydrogens (tertiary/aromatic N) is 1. The number of aromatic hydroxyl groups is 1. The zero-order valence-electron chi connectivity index (χ0n) is 18.2. The van der Waals surface area contributed by atoms with Gasteiger partial charge in [-0.2, -0.15) is 0 Å². The fourth-order valence-electron chi connectivity index (χ4n) is 4.09. The van der Waals surface area contributed by atoms with Crippen LogP contribution in [0.1, 0.15) is 16.4 Å². The van der Waals surface area contributed by atoms with Crippen LogP contribution in [0.4, 0.5) is 11.4 Å². The highest BCUT2D eigenvalue weighted by Crippen LogP contribution is 2.48. The number of hydrogen-bond donors (Lipinski definition) is 2. The summed E-state index contributed by atoms with van der Waals surface area (Å²) in [6.45, 7) is 0.662. The van der Waals surface area contributed by atoms with Gasteiger partial charge in [-0.25, -0.2) is 0 Å². The van der Waals surface area contributed by atoms with Gasteiger partial charge in [-0.15, -0.1) is 11.8 Å². The number of halogens is 2. The SMILES string of the molecule is Oc1ccc(C2=Nc3ccccc3SC(c3ccc(Cl)cc3)C2CNc2ccc(Cl)cc2)cc1. The Kier molecular flexibility index (Phi) is 6.82. The van der Waals surface area contributed by atoms with Crippen molar-refractivity contribution in [3.8, 4) is 5.75 Å². The Bertz CT molecular complexity index is 1310. The van der Waals surface area contributed by atoms with Gasteiger partial charge in [-0.05, 0) is 83.9 Å². The molecule has 34 heavy (non-hydrogen) atoms. The predicted molar refractivity (Wildman–Crippen MR) is 144 cm³/mol. The van der Waals surface area contributed by atoms with Gasteiger partial charge in [0, 0.05) is 38.3 Å². The van der Waals surface area contributed by atoms with Crippen LogP contribution in [0.25, 0.3) is 0 Å². The number of aliphatic imine (C=N–C) groups is 1. The average Bonchev–Trinajstić information content (AvgIpc) is 3.02. The van der Waals surface area contributed by atoms with E-state index in [0.29, 0.717) is 16.6 Å². The molecule has 4 aromatic carbocycles. The number of phenols is 1. The maximum absolute atomic E-state index is 9.89. The summed E-state index contributed by atoms with van der Waals surface area (Å²) in [4.78, 5) is 6.30. The first-order chi connectivity index (χ1) is 16.6. The highest BCUT2D eigenvalue weighted by atomic mass is 35.5. The van der Waals surface area contributed by atoms with Crippen molar-refractivity contribution < 1.29 is 5.11 Å². The van der Waals surface area contributed by atoms with E-state index in [-0.39, 0.29) is 16.9 Å². The Labute approximate surface area is 213 Å². The molecule has 1 heterocycles. The molecule has 4 aromatic rings. The fraction of sp³-hybridized carbons (Fsp3) is 0.107. The average molecular weight is 505 g/mol. The van der Waals surface area contributed by atoms with Crippen LogP contribution in [0.2, 0.25) is 10.0 Å². The van der Waals surface area contributed by atoms with Crippen LogP contribution in [0, 0.1) is 5.92 Å². The standard InChI is InChI=1S/C28H22Cl2N2OS/c29-20-9-5-19(6-10-20)28-24(17-31-22-13-11-21(30)12-14-22)27(18-7-15-23(33)16-8-18)32-25-3-1-2-4-26(25)34-28/h1-16,24,28,31,33H,17H2. The summed E-state index contributed by atoms with van der Waals surface area (Å²) in [6, 6.07) is 31.3. The zero-order chi connectivity index (χ0) is 23.5. The van der Waals surface area contributed by atoms with Gasteiger partial charge >= 0.3 is 0 Å². The van der Waals surface area contributed by atoms with E-state index in [4.69, 9.17) is 28.2 Å². The number of benzene rings is 4. The number of phenolic OH excluding ortho intramolecular Hbond substituents is 1. The van der Waals surface area contributed by atoms with Crippen molar-refractivity contribution in [1.82, 2.24) is 0 Å². The van der Waals surface area contributed by atoms with Crippen molar-refractivity contribution in [2.45, 2.75) is 10.1 Å². The third-order valence-corrected chi connectivity index (χ3v) is 7.77. The number of fused-ring (bicyclic) bond motifs is 1. The normalized spacial score (nSPS) is 17.4. The van der Waals surface area contributed by atoms with Crippen LogP contribution >= 0.6 is 35.0 Å². The third kappa shape index (κ3) is 5.10. The number of anilines is 1. The first kappa shape index (κ1) is 22.9.